The summed E-state index contributed by atoms with van der Waals surface area (Å²) in [5, 5.41) is 3.63. The Bertz CT molecular complexity index is 547. The van der Waals surface area contributed by atoms with E-state index in [0.717, 1.165) is 35.9 Å². The van der Waals surface area contributed by atoms with Crippen LogP contribution in [0.3, 0.4) is 0 Å². The molecule has 102 valence electrons. The molecule has 1 aromatic heterocycles. The lowest BCUT2D eigenvalue weighted by Gasteiger charge is -2.16. The highest BCUT2D eigenvalue weighted by atomic mass is 32.2. The van der Waals surface area contributed by atoms with Crippen molar-refractivity contribution in [1.29, 1.82) is 0 Å². The molecule has 2 aromatic rings. The molecule has 1 unspecified atom stereocenters. The molecule has 1 aromatic carbocycles. The first-order valence-corrected chi connectivity index (χ1v) is 8.68. The number of ether oxygens (including phenoxy) is 1. The van der Waals surface area contributed by atoms with Crippen LogP contribution < -0.4 is 5.32 Å². The maximum absolute atomic E-state index is 5.50. The highest BCUT2D eigenvalue weighted by Crippen LogP contribution is 2.30. The predicted molar refractivity (Wildman–Crippen MR) is 83.5 cm³/mol. The number of anilines is 1. The number of rotatable bonds is 3. The highest BCUT2D eigenvalue weighted by molar-refractivity contribution is 8.00. The molecular formula is C14H18N2OS2. The number of benzene rings is 1. The topological polar surface area (TPSA) is 34.2 Å². The van der Waals surface area contributed by atoms with E-state index < -0.39 is 0 Å². The third-order valence-electron chi connectivity index (χ3n) is 3.37. The molecule has 1 fully saturated rings. The second-order valence-corrected chi connectivity index (χ2v) is 6.83. The van der Waals surface area contributed by atoms with Gasteiger partial charge in [0.2, 0.25) is 0 Å². The van der Waals surface area contributed by atoms with Gasteiger partial charge in [-0.15, -0.1) is 11.3 Å². The summed E-state index contributed by atoms with van der Waals surface area (Å²) in [6.45, 7) is 1.78. The zero-order valence-electron chi connectivity index (χ0n) is 11.0. The minimum atomic E-state index is 0.535. The number of hydrogen-bond acceptors (Lipinski definition) is 5. The van der Waals surface area contributed by atoms with Gasteiger partial charge in [-0.2, -0.15) is 0 Å². The quantitative estimate of drug-likeness (QED) is 0.868. The highest BCUT2D eigenvalue weighted by Gasteiger charge is 2.12. The van der Waals surface area contributed by atoms with Gasteiger partial charge in [0.05, 0.1) is 10.2 Å². The minimum Gasteiger partial charge on any atom is -0.382 e. The minimum absolute atomic E-state index is 0.535. The molecule has 0 aliphatic carbocycles. The molecule has 1 aliphatic rings. The number of nitrogens with one attached hydrogen (secondary N) is 1. The number of aromatic nitrogens is 1. The summed E-state index contributed by atoms with van der Waals surface area (Å²) in [7, 11) is 0. The Hall–Kier alpha value is -0.780. The van der Waals surface area contributed by atoms with E-state index in [2.05, 4.69) is 34.8 Å². The van der Waals surface area contributed by atoms with Gasteiger partial charge in [0.1, 0.15) is 0 Å². The van der Waals surface area contributed by atoms with Gasteiger partial charge in [0.15, 0.2) is 4.34 Å². The Morgan fingerprint density at radius 1 is 1.37 bits per heavy atom. The first-order valence-electron chi connectivity index (χ1n) is 6.64. The molecule has 0 spiro atoms. The zero-order chi connectivity index (χ0) is 13.1. The van der Waals surface area contributed by atoms with Crippen molar-refractivity contribution in [2.24, 2.45) is 0 Å². The van der Waals surface area contributed by atoms with E-state index in [0.29, 0.717) is 6.04 Å². The molecule has 1 atom stereocenters. The molecule has 1 saturated heterocycles. The van der Waals surface area contributed by atoms with Gasteiger partial charge in [-0.05, 0) is 43.7 Å². The molecular weight excluding hydrogens is 276 g/mol. The van der Waals surface area contributed by atoms with Gasteiger partial charge in [-0.1, -0.05) is 11.8 Å². The van der Waals surface area contributed by atoms with Gasteiger partial charge in [-0.25, -0.2) is 4.98 Å². The Kier molecular flexibility index (Phi) is 4.25. The maximum Gasteiger partial charge on any atom is 0.150 e. The van der Waals surface area contributed by atoms with Crippen molar-refractivity contribution in [3.8, 4) is 0 Å². The summed E-state index contributed by atoms with van der Waals surface area (Å²) < 4.78 is 7.90. The first-order chi connectivity index (χ1) is 9.35. The van der Waals surface area contributed by atoms with Gasteiger partial charge in [0.25, 0.3) is 0 Å². The van der Waals surface area contributed by atoms with Crippen molar-refractivity contribution in [3.63, 3.8) is 0 Å². The number of hydrogen-bond donors (Lipinski definition) is 1. The number of thioether (sulfide) groups is 1. The Balaban J connectivity index is 1.76. The molecule has 1 N–H and O–H groups in total. The van der Waals surface area contributed by atoms with E-state index >= 15 is 0 Å². The Morgan fingerprint density at radius 3 is 3.21 bits per heavy atom. The van der Waals surface area contributed by atoms with Crippen LogP contribution in [0, 0.1) is 0 Å². The van der Waals surface area contributed by atoms with Crippen LogP contribution in [0.2, 0.25) is 0 Å². The summed E-state index contributed by atoms with van der Waals surface area (Å²) in [4.78, 5) is 4.57. The monoisotopic (exact) mass is 294 g/mol. The van der Waals surface area contributed by atoms with Crippen LogP contribution in [-0.2, 0) is 4.74 Å². The number of thiazole rings is 1. The van der Waals surface area contributed by atoms with Gasteiger partial charge in [-0.3, -0.25) is 0 Å². The molecule has 3 nitrogen and oxygen atoms in total. The van der Waals surface area contributed by atoms with Crippen LogP contribution in [0.15, 0.2) is 22.5 Å². The SMILES string of the molecule is CSc1nc2ccc(NC3CCCOCC3)cc2s1. The summed E-state index contributed by atoms with van der Waals surface area (Å²) in [6.07, 6.45) is 5.51. The Morgan fingerprint density at radius 2 is 2.32 bits per heavy atom. The number of nitrogens with zero attached hydrogens (tertiary/aromatic N) is 1. The van der Waals surface area contributed by atoms with Crippen LogP contribution in [0.1, 0.15) is 19.3 Å². The average molecular weight is 294 g/mol. The molecule has 5 heteroatoms. The average Bonchev–Trinajstić information content (AvgIpc) is 2.67. The van der Waals surface area contributed by atoms with Crippen molar-refractivity contribution >= 4 is 39.0 Å². The third kappa shape index (κ3) is 3.22. The van der Waals surface area contributed by atoms with E-state index in [1.807, 2.05) is 0 Å². The maximum atomic E-state index is 5.50. The molecule has 3 rings (SSSR count). The fourth-order valence-electron chi connectivity index (χ4n) is 2.36. The molecule has 0 radical (unpaired) electrons. The van der Waals surface area contributed by atoms with Gasteiger partial charge < -0.3 is 10.1 Å². The van der Waals surface area contributed by atoms with Gasteiger partial charge in [0, 0.05) is 24.9 Å². The van der Waals surface area contributed by atoms with Crippen LogP contribution in [0.4, 0.5) is 5.69 Å². The van der Waals surface area contributed by atoms with Crippen molar-refractivity contribution in [1.82, 2.24) is 4.98 Å². The van der Waals surface area contributed by atoms with Crippen molar-refractivity contribution in [3.05, 3.63) is 18.2 Å². The van der Waals surface area contributed by atoms with Crippen LogP contribution >= 0.6 is 23.1 Å². The smallest absolute Gasteiger partial charge is 0.150 e. The zero-order valence-corrected chi connectivity index (χ0v) is 12.6. The first kappa shape index (κ1) is 13.2. The summed E-state index contributed by atoms with van der Waals surface area (Å²) in [6, 6.07) is 7.00. The van der Waals surface area contributed by atoms with Crippen molar-refractivity contribution < 1.29 is 4.74 Å². The van der Waals surface area contributed by atoms with Gasteiger partial charge >= 0.3 is 0 Å². The third-order valence-corrected chi connectivity index (χ3v) is 5.37. The Labute approximate surface area is 121 Å². The lowest BCUT2D eigenvalue weighted by molar-refractivity contribution is 0.144. The summed E-state index contributed by atoms with van der Waals surface area (Å²) in [5.41, 5.74) is 2.31. The standard InChI is InChI=1S/C14H18N2OS2/c1-18-14-16-12-5-4-11(9-13(12)19-14)15-10-3-2-7-17-8-6-10/h4-5,9-10,15H,2-3,6-8H2,1H3. The van der Waals surface area contributed by atoms with E-state index in [1.54, 1.807) is 23.1 Å². The van der Waals surface area contributed by atoms with Crippen molar-refractivity contribution in [2.75, 3.05) is 24.8 Å². The molecule has 0 bridgehead atoms. The second-order valence-electron chi connectivity index (χ2n) is 4.75. The molecule has 19 heavy (non-hydrogen) atoms. The van der Waals surface area contributed by atoms with Crippen LogP contribution in [0.25, 0.3) is 10.2 Å². The molecule has 1 aliphatic heterocycles. The fourth-order valence-corrected chi connectivity index (χ4v) is 3.89. The summed E-state index contributed by atoms with van der Waals surface area (Å²) >= 11 is 3.47. The normalized spacial score (nSPS) is 20.4. The molecule has 0 amide bonds. The van der Waals surface area contributed by atoms with E-state index in [1.165, 1.54) is 16.8 Å². The van der Waals surface area contributed by atoms with Crippen LogP contribution in [0.5, 0.6) is 0 Å². The lowest BCUT2D eigenvalue weighted by Crippen LogP contribution is -2.19. The molecule has 2 heterocycles. The van der Waals surface area contributed by atoms with Crippen molar-refractivity contribution in [2.45, 2.75) is 29.6 Å². The largest absolute Gasteiger partial charge is 0.382 e. The lowest BCUT2D eigenvalue weighted by atomic mass is 10.1. The fraction of sp³-hybridized carbons (Fsp3) is 0.500. The van der Waals surface area contributed by atoms with Crippen LogP contribution in [-0.4, -0.2) is 30.5 Å². The molecule has 0 saturated carbocycles. The predicted octanol–water partition coefficient (Wildman–Crippen LogP) is 4.00. The summed E-state index contributed by atoms with van der Waals surface area (Å²) in [5.74, 6) is 0. The van der Waals surface area contributed by atoms with E-state index in [4.69, 9.17) is 4.74 Å². The van der Waals surface area contributed by atoms with E-state index in [9.17, 15) is 0 Å². The number of fused-ring (bicyclic) bond motifs is 1. The van der Waals surface area contributed by atoms with E-state index in [-0.39, 0.29) is 0 Å². The second kappa shape index (κ2) is 6.11.